The van der Waals surface area contributed by atoms with E-state index in [0.717, 1.165) is 47.9 Å². The molecule has 2 amide bonds. The Hall–Kier alpha value is -4.76. The third kappa shape index (κ3) is 7.21. The van der Waals surface area contributed by atoms with E-state index < -0.39 is 16.1 Å². The van der Waals surface area contributed by atoms with Gasteiger partial charge in [0, 0.05) is 28.3 Å². The summed E-state index contributed by atoms with van der Waals surface area (Å²) in [6, 6.07) is 12.4. The van der Waals surface area contributed by atoms with Crippen molar-refractivity contribution in [2.24, 2.45) is 0 Å². The maximum absolute atomic E-state index is 13.5. The van der Waals surface area contributed by atoms with E-state index in [1.165, 1.54) is 30.6 Å². The highest BCUT2D eigenvalue weighted by atomic mass is 32.2. The fraction of sp³-hybridized carbons (Fsp3) is 0.323. The number of anilines is 1. The van der Waals surface area contributed by atoms with Crippen LogP contribution in [0.2, 0.25) is 0 Å². The van der Waals surface area contributed by atoms with Crippen molar-refractivity contribution in [3.8, 4) is 11.4 Å². The highest BCUT2D eigenvalue weighted by molar-refractivity contribution is 8.00. The van der Waals surface area contributed by atoms with Gasteiger partial charge in [-0.3, -0.25) is 24.3 Å². The standard InChI is InChI=1S/C31H32N6O7S2/c1-4-44-30(40)26-23-7-5-6-8-24(23)46-29(26)33-27(38)18(2)45-31-35-34-25(36(31)20-11-13-21(14-12-20)37(41)42)17-32-28(39)19-9-15-22(43-3)16-10-19/h9-16,18H,4-8,17H2,1-3H3,(H,32,39)(H,33,38)/t18-/m0/s1. The highest BCUT2D eigenvalue weighted by Crippen LogP contribution is 2.39. The number of rotatable bonds is 12. The number of methoxy groups -OCH3 is 1. The monoisotopic (exact) mass is 664 g/mol. The molecule has 2 N–H and O–H groups in total. The average Bonchev–Trinajstić information content (AvgIpc) is 3.64. The zero-order valence-corrected chi connectivity index (χ0v) is 27.0. The van der Waals surface area contributed by atoms with E-state index in [2.05, 4.69) is 20.8 Å². The van der Waals surface area contributed by atoms with Crippen LogP contribution in [0.25, 0.3) is 5.69 Å². The van der Waals surface area contributed by atoms with Crippen LogP contribution < -0.4 is 15.4 Å². The van der Waals surface area contributed by atoms with Crippen LogP contribution in [0.5, 0.6) is 5.75 Å². The van der Waals surface area contributed by atoms with E-state index in [1.807, 2.05) is 0 Å². The molecule has 0 bridgehead atoms. The first kappa shape index (κ1) is 32.6. The Morgan fingerprint density at radius 2 is 1.80 bits per heavy atom. The molecule has 46 heavy (non-hydrogen) atoms. The first-order chi connectivity index (χ1) is 22.2. The van der Waals surface area contributed by atoms with Gasteiger partial charge in [-0.05, 0) is 81.5 Å². The largest absolute Gasteiger partial charge is 0.497 e. The number of nitro groups is 1. The molecular formula is C31H32N6O7S2. The van der Waals surface area contributed by atoms with Crippen molar-refractivity contribution in [3.05, 3.63) is 86.0 Å². The van der Waals surface area contributed by atoms with E-state index in [-0.39, 0.29) is 30.7 Å². The summed E-state index contributed by atoms with van der Waals surface area (Å²) in [6.45, 7) is 3.66. The van der Waals surface area contributed by atoms with Crippen LogP contribution in [0.1, 0.15) is 63.7 Å². The number of nitrogens with one attached hydrogen (secondary N) is 2. The van der Waals surface area contributed by atoms with Gasteiger partial charge in [0.05, 0.1) is 36.0 Å². The fourth-order valence-electron chi connectivity index (χ4n) is 4.98. The molecule has 0 aliphatic heterocycles. The maximum Gasteiger partial charge on any atom is 0.341 e. The number of amides is 2. The molecule has 1 atom stereocenters. The fourth-order valence-corrected chi connectivity index (χ4v) is 7.14. The number of nitro benzene ring substituents is 1. The van der Waals surface area contributed by atoms with E-state index in [1.54, 1.807) is 54.8 Å². The Balaban J connectivity index is 1.38. The molecular weight excluding hydrogens is 633 g/mol. The number of carbonyl (C=O) groups excluding carboxylic acids is 3. The predicted octanol–water partition coefficient (Wildman–Crippen LogP) is 5.35. The minimum atomic E-state index is -0.683. The van der Waals surface area contributed by atoms with Crippen LogP contribution in [0.3, 0.4) is 0 Å². The van der Waals surface area contributed by atoms with Crippen molar-refractivity contribution >= 4 is 51.6 Å². The molecule has 2 aromatic heterocycles. The molecule has 13 nitrogen and oxygen atoms in total. The number of carbonyl (C=O) groups is 3. The molecule has 1 aliphatic carbocycles. The molecule has 0 unspecified atom stereocenters. The van der Waals surface area contributed by atoms with Crippen LogP contribution in [0.15, 0.2) is 53.7 Å². The second-order valence-corrected chi connectivity index (χ2v) is 12.7. The number of fused-ring (bicyclic) bond motifs is 1. The number of thioether (sulfide) groups is 1. The van der Waals surface area contributed by atoms with Crippen molar-refractivity contribution in [2.45, 2.75) is 56.5 Å². The number of thiophene rings is 1. The number of hydrogen-bond donors (Lipinski definition) is 2. The molecule has 0 saturated carbocycles. The lowest BCUT2D eigenvalue weighted by atomic mass is 9.95. The first-order valence-corrected chi connectivity index (χ1v) is 16.3. The quantitative estimate of drug-likeness (QED) is 0.0872. The zero-order chi connectivity index (χ0) is 32.8. The van der Waals surface area contributed by atoms with Gasteiger partial charge in [0.2, 0.25) is 5.91 Å². The molecule has 15 heteroatoms. The van der Waals surface area contributed by atoms with Crippen molar-refractivity contribution < 1.29 is 28.8 Å². The maximum atomic E-state index is 13.5. The van der Waals surface area contributed by atoms with Gasteiger partial charge in [-0.2, -0.15) is 0 Å². The van der Waals surface area contributed by atoms with Crippen molar-refractivity contribution in [3.63, 3.8) is 0 Å². The molecule has 0 fully saturated rings. The molecule has 2 heterocycles. The van der Waals surface area contributed by atoms with Crippen molar-refractivity contribution in [1.82, 2.24) is 20.1 Å². The van der Waals surface area contributed by atoms with Gasteiger partial charge in [-0.1, -0.05) is 11.8 Å². The smallest absolute Gasteiger partial charge is 0.341 e. The number of nitrogens with zero attached hydrogens (tertiary/aromatic N) is 4. The van der Waals surface area contributed by atoms with Crippen LogP contribution in [0, 0.1) is 10.1 Å². The molecule has 0 saturated heterocycles. The number of aromatic nitrogens is 3. The Labute approximate surface area is 272 Å². The van der Waals surface area contributed by atoms with Gasteiger partial charge >= 0.3 is 5.97 Å². The minimum Gasteiger partial charge on any atom is -0.497 e. The normalized spacial score (nSPS) is 12.9. The van der Waals surface area contributed by atoms with Gasteiger partial charge in [0.25, 0.3) is 11.6 Å². The molecule has 5 rings (SSSR count). The van der Waals surface area contributed by atoms with E-state index in [9.17, 15) is 24.5 Å². The van der Waals surface area contributed by atoms with Crippen LogP contribution >= 0.6 is 23.1 Å². The number of non-ortho nitro benzene ring substituents is 1. The molecule has 0 radical (unpaired) electrons. The molecule has 1 aliphatic rings. The molecule has 4 aromatic rings. The summed E-state index contributed by atoms with van der Waals surface area (Å²) < 4.78 is 12.1. The summed E-state index contributed by atoms with van der Waals surface area (Å²) in [6.07, 6.45) is 3.60. The SMILES string of the molecule is CCOC(=O)c1c(NC(=O)[C@H](C)Sc2nnc(CNC(=O)c3ccc(OC)cc3)n2-c2ccc([N+](=O)[O-])cc2)sc2c1CCCC2. The second-order valence-electron chi connectivity index (χ2n) is 10.3. The van der Waals surface area contributed by atoms with Crippen molar-refractivity contribution in [2.75, 3.05) is 19.0 Å². The summed E-state index contributed by atoms with van der Waals surface area (Å²) in [5.74, 6) is -0.177. The van der Waals surface area contributed by atoms with Gasteiger partial charge in [-0.25, -0.2) is 4.79 Å². The average molecular weight is 665 g/mol. The topological polar surface area (TPSA) is 168 Å². The Morgan fingerprint density at radius 3 is 2.48 bits per heavy atom. The molecule has 240 valence electrons. The minimum absolute atomic E-state index is 0.0142. The summed E-state index contributed by atoms with van der Waals surface area (Å²) >= 11 is 2.53. The number of ether oxygens (including phenoxy) is 2. The summed E-state index contributed by atoms with van der Waals surface area (Å²) in [7, 11) is 1.54. The van der Waals surface area contributed by atoms with E-state index >= 15 is 0 Å². The Kier molecular flexibility index (Phi) is 10.3. The number of aryl methyl sites for hydroxylation is 1. The number of esters is 1. The van der Waals surface area contributed by atoms with Gasteiger partial charge in [-0.15, -0.1) is 21.5 Å². The van der Waals surface area contributed by atoms with Gasteiger partial charge in [0.15, 0.2) is 11.0 Å². The number of hydrogen-bond acceptors (Lipinski definition) is 11. The third-order valence-corrected chi connectivity index (χ3v) is 9.57. The molecule has 2 aromatic carbocycles. The van der Waals surface area contributed by atoms with Gasteiger partial charge < -0.3 is 20.1 Å². The Morgan fingerprint density at radius 1 is 1.09 bits per heavy atom. The predicted molar refractivity (Wildman–Crippen MR) is 173 cm³/mol. The lowest BCUT2D eigenvalue weighted by Crippen LogP contribution is -2.25. The van der Waals surface area contributed by atoms with Crippen molar-refractivity contribution in [1.29, 1.82) is 0 Å². The highest BCUT2D eigenvalue weighted by Gasteiger charge is 2.29. The van der Waals surface area contributed by atoms with E-state index in [4.69, 9.17) is 9.47 Å². The Bertz CT molecular complexity index is 1750. The van der Waals surface area contributed by atoms with Gasteiger partial charge in [0.1, 0.15) is 10.8 Å². The lowest BCUT2D eigenvalue weighted by Gasteiger charge is -2.15. The second kappa shape index (κ2) is 14.6. The third-order valence-electron chi connectivity index (χ3n) is 7.32. The van der Waals surface area contributed by atoms with Crippen LogP contribution in [0.4, 0.5) is 10.7 Å². The summed E-state index contributed by atoms with van der Waals surface area (Å²) in [4.78, 5) is 51.0. The lowest BCUT2D eigenvalue weighted by molar-refractivity contribution is -0.384. The first-order valence-electron chi connectivity index (χ1n) is 14.6. The summed E-state index contributed by atoms with van der Waals surface area (Å²) in [5, 5.41) is 25.7. The number of benzene rings is 2. The zero-order valence-electron chi connectivity index (χ0n) is 25.4. The molecule has 0 spiro atoms. The van der Waals surface area contributed by atoms with E-state index in [0.29, 0.717) is 38.5 Å². The van der Waals surface area contributed by atoms with Crippen LogP contribution in [-0.4, -0.2) is 56.4 Å². The van der Waals surface area contributed by atoms with Crippen LogP contribution in [-0.2, 0) is 28.9 Å². The summed E-state index contributed by atoms with van der Waals surface area (Å²) in [5.41, 5.74) is 2.21.